The van der Waals surface area contributed by atoms with Crippen LogP contribution in [-0.2, 0) is 4.79 Å². The Kier molecular flexibility index (Phi) is 2.73. The van der Waals surface area contributed by atoms with E-state index < -0.39 is 5.97 Å². The first-order chi connectivity index (χ1) is 7.65. The van der Waals surface area contributed by atoms with Gasteiger partial charge in [-0.05, 0) is 19.4 Å². The van der Waals surface area contributed by atoms with Gasteiger partial charge in [0.25, 0.3) is 0 Å². The minimum atomic E-state index is -0.800. The number of rotatable bonds is 4. The number of hydrogen-bond acceptors (Lipinski definition) is 3. The van der Waals surface area contributed by atoms with Crippen molar-refractivity contribution in [2.24, 2.45) is 5.92 Å². The molecular weight excluding hydrogens is 208 g/mol. The largest absolute Gasteiger partial charge is 0.504 e. The second kappa shape index (κ2) is 4.04. The summed E-state index contributed by atoms with van der Waals surface area (Å²) in [6.07, 6.45) is 0.596. The van der Waals surface area contributed by atoms with Crippen molar-refractivity contribution in [1.29, 1.82) is 0 Å². The number of carbonyl (C=O) groups is 1. The molecule has 4 heteroatoms. The molecule has 1 aromatic carbocycles. The molecule has 86 valence electrons. The monoisotopic (exact) mass is 222 g/mol. The number of phenolic OH excluding ortho intramolecular Hbond substituents is 1. The Morgan fingerprint density at radius 2 is 2.31 bits per heavy atom. The third-order valence-electron chi connectivity index (χ3n) is 2.84. The number of benzene rings is 1. The first-order valence-electron chi connectivity index (χ1n) is 5.32. The molecular formula is C12H14O4. The minimum Gasteiger partial charge on any atom is -0.504 e. The van der Waals surface area contributed by atoms with Crippen LogP contribution in [0.1, 0.15) is 24.8 Å². The fraction of sp³-hybridized carbons (Fsp3) is 0.417. The molecule has 0 bridgehead atoms. The van der Waals surface area contributed by atoms with Crippen LogP contribution < -0.4 is 4.74 Å². The quantitative estimate of drug-likeness (QED) is 0.817. The Morgan fingerprint density at radius 1 is 1.56 bits per heavy atom. The van der Waals surface area contributed by atoms with Gasteiger partial charge in [-0.1, -0.05) is 12.1 Å². The van der Waals surface area contributed by atoms with Gasteiger partial charge in [0, 0.05) is 11.5 Å². The number of aliphatic carboxylic acids is 1. The van der Waals surface area contributed by atoms with Crippen molar-refractivity contribution >= 4 is 5.97 Å². The summed E-state index contributed by atoms with van der Waals surface area (Å²) in [6, 6.07) is 5.21. The highest BCUT2D eigenvalue weighted by molar-refractivity contribution is 5.75. The van der Waals surface area contributed by atoms with Crippen molar-refractivity contribution in [3.8, 4) is 11.5 Å². The number of ether oxygens (including phenoxy) is 1. The van der Waals surface area contributed by atoms with Gasteiger partial charge >= 0.3 is 5.97 Å². The van der Waals surface area contributed by atoms with E-state index in [2.05, 4.69) is 0 Å². The Labute approximate surface area is 93.5 Å². The maximum Gasteiger partial charge on any atom is 0.307 e. The predicted octanol–water partition coefficient (Wildman–Crippen LogP) is 1.98. The average Bonchev–Trinajstić information content (AvgIpc) is 3.01. The Balaban J connectivity index is 2.23. The number of para-hydroxylation sites is 1. The number of aromatic hydroxyl groups is 1. The molecule has 2 N–H and O–H groups in total. The summed E-state index contributed by atoms with van der Waals surface area (Å²) in [6.45, 7) is 2.31. The second-order valence-electron chi connectivity index (χ2n) is 3.91. The van der Waals surface area contributed by atoms with Gasteiger partial charge in [0.05, 0.1) is 12.5 Å². The van der Waals surface area contributed by atoms with Crippen LogP contribution in [0.2, 0.25) is 0 Å². The summed E-state index contributed by atoms with van der Waals surface area (Å²) in [5.41, 5.74) is 0.679. The molecule has 1 aromatic rings. The summed E-state index contributed by atoms with van der Waals surface area (Å²) in [7, 11) is 0. The van der Waals surface area contributed by atoms with E-state index >= 15 is 0 Å². The van der Waals surface area contributed by atoms with Gasteiger partial charge < -0.3 is 14.9 Å². The molecule has 16 heavy (non-hydrogen) atoms. The molecule has 2 rings (SSSR count). The van der Waals surface area contributed by atoms with Gasteiger partial charge in [-0.2, -0.15) is 0 Å². The molecule has 1 aliphatic carbocycles. The summed E-state index contributed by atoms with van der Waals surface area (Å²) in [5, 5.41) is 18.7. The Bertz CT molecular complexity index is 413. The highest BCUT2D eigenvalue weighted by Gasteiger charge is 2.45. The molecule has 0 aliphatic heterocycles. The molecule has 0 radical (unpaired) electrons. The van der Waals surface area contributed by atoms with Crippen molar-refractivity contribution in [2.45, 2.75) is 19.3 Å². The lowest BCUT2D eigenvalue weighted by atomic mass is 10.1. The average molecular weight is 222 g/mol. The summed E-state index contributed by atoms with van der Waals surface area (Å²) in [5.74, 6) is -0.721. The summed E-state index contributed by atoms with van der Waals surface area (Å²) in [4.78, 5) is 10.8. The van der Waals surface area contributed by atoms with E-state index in [1.807, 2.05) is 6.92 Å². The minimum absolute atomic E-state index is 0.0714. The molecule has 1 aliphatic rings. The van der Waals surface area contributed by atoms with E-state index in [1.165, 1.54) is 0 Å². The highest BCUT2D eigenvalue weighted by Crippen LogP contribution is 2.51. The number of hydrogen-bond donors (Lipinski definition) is 2. The molecule has 0 unspecified atom stereocenters. The van der Waals surface area contributed by atoms with Gasteiger partial charge in [-0.15, -0.1) is 0 Å². The SMILES string of the molecule is CCOc1cccc([C@@H]2C[C@H]2C(=O)O)c1O. The van der Waals surface area contributed by atoms with Crippen LogP contribution in [0.3, 0.4) is 0 Å². The molecule has 0 aromatic heterocycles. The van der Waals surface area contributed by atoms with Crippen molar-refractivity contribution < 1.29 is 19.7 Å². The van der Waals surface area contributed by atoms with E-state index in [4.69, 9.17) is 9.84 Å². The molecule has 1 saturated carbocycles. The lowest BCUT2D eigenvalue weighted by Gasteiger charge is -2.09. The fourth-order valence-electron chi connectivity index (χ4n) is 1.92. The number of carboxylic acids is 1. The van der Waals surface area contributed by atoms with Gasteiger partial charge in [0.1, 0.15) is 0 Å². The normalized spacial score (nSPS) is 22.8. The predicted molar refractivity (Wildman–Crippen MR) is 57.8 cm³/mol. The van der Waals surface area contributed by atoms with Crippen LogP contribution in [0.25, 0.3) is 0 Å². The number of phenols is 1. The van der Waals surface area contributed by atoms with Gasteiger partial charge in [-0.25, -0.2) is 0 Å². The molecule has 0 saturated heterocycles. The van der Waals surface area contributed by atoms with Crippen molar-refractivity contribution in [3.63, 3.8) is 0 Å². The zero-order chi connectivity index (χ0) is 11.7. The van der Waals surface area contributed by atoms with Crippen LogP contribution >= 0.6 is 0 Å². The second-order valence-corrected chi connectivity index (χ2v) is 3.91. The molecule has 1 fully saturated rings. The third kappa shape index (κ3) is 1.83. The van der Waals surface area contributed by atoms with Crippen molar-refractivity contribution in [3.05, 3.63) is 23.8 Å². The van der Waals surface area contributed by atoms with E-state index in [0.717, 1.165) is 0 Å². The standard InChI is InChI=1S/C12H14O4/c1-2-16-10-5-3-4-7(11(10)13)8-6-9(8)12(14)15/h3-5,8-9,13H,2,6H2,1H3,(H,14,15)/t8-,9+/m0/s1. The third-order valence-corrected chi connectivity index (χ3v) is 2.84. The van der Waals surface area contributed by atoms with Crippen molar-refractivity contribution in [2.75, 3.05) is 6.61 Å². The molecule has 0 amide bonds. The van der Waals surface area contributed by atoms with E-state index in [0.29, 0.717) is 24.3 Å². The highest BCUT2D eigenvalue weighted by atomic mass is 16.5. The zero-order valence-electron chi connectivity index (χ0n) is 9.01. The molecule has 2 atom stereocenters. The van der Waals surface area contributed by atoms with Crippen LogP contribution in [0.15, 0.2) is 18.2 Å². The van der Waals surface area contributed by atoms with Gasteiger partial charge in [-0.3, -0.25) is 4.79 Å². The van der Waals surface area contributed by atoms with Crippen LogP contribution in [0.4, 0.5) is 0 Å². The van der Waals surface area contributed by atoms with E-state index in [9.17, 15) is 9.90 Å². The molecule has 0 heterocycles. The fourth-order valence-corrected chi connectivity index (χ4v) is 1.92. The maximum absolute atomic E-state index is 10.8. The smallest absolute Gasteiger partial charge is 0.307 e. The maximum atomic E-state index is 10.8. The topological polar surface area (TPSA) is 66.8 Å². The van der Waals surface area contributed by atoms with Crippen LogP contribution in [0, 0.1) is 5.92 Å². The Hall–Kier alpha value is -1.71. The lowest BCUT2D eigenvalue weighted by molar-refractivity contribution is -0.138. The first-order valence-corrected chi connectivity index (χ1v) is 5.32. The first kappa shape index (κ1) is 10.8. The van der Waals surface area contributed by atoms with E-state index in [1.54, 1.807) is 18.2 Å². The van der Waals surface area contributed by atoms with E-state index in [-0.39, 0.29) is 17.6 Å². The summed E-state index contributed by atoms with van der Waals surface area (Å²) >= 11 is 0. The molecule has 0 spiro atoms. The van der Waals surface area contributed by atoms with Crippen LogP contribution in [-0.4, -0.2) is 22.8 Å². The summed E-state index contributed by atoms with van der Waals surface area (Å²) < 4.78 is 5.25. The van der Waals surface area contributed by atoms with Gasteiger partial charge in [0.2, 0.25) is 0 Å². The number of carboxylic acid groups (broad SMARTS) is 1. The van der Waals surface area contributed by atoms with Crippen LogP contribution in [0.5, 0.6) is 11.5 Å². The van der Waals surface area contributed by atoms with Gasteiger partial charge in [0.15, 0.2) is 11.5 Å². The zero-order valence-corrected chi connectivity index (χ0v) is 9.01. The Morgan fingerprint density at radius 3 is 2.88 bits per heavy atom. The lowest BCUT2D eigenvalue weighted by Crippen LogP contribution is -1.99. The van der Waals surface area contributed by atoms with Crippen molar-refractivity contribution in [1.82, 2.24) is 0 Å². The molecule has 4 nitrogen and oxygen atoms in total.